The van der Waals surface area contributed by atoms with E-state index in [4.69, 9.17) is 9.47 Å². The number of fused-ring (bicyclic) bond motifs is 3. The van der Waals surface area contributed by atoms with E-state index in [1.54, 1.807) is 23.2 Å². The van der Waals surface area contributed by atoms with Crippen molar-refractivity contribution in [1.82, 2.24) is 19.9 Å². The van der Waals surface area contributed by atoms with Crippen LogP contribution < -0.4 is 4.74 Å². The summed E-state index contributed by atoms with van der Waals surface area (Å²) in [6.07, 6.45) is 2.50. The maximum absolute atomic E-state index is 12.8. The molecule has 8 heteroatoms. The second-order valence-corrected chi connectivity index (χ2v) is 6.01. The molecule has 1 N–H and O–H groups in total. The Morgan fingerprint density at radius 1 is 1.46 bits per heavy atom. The van der Waals surface area contributed by atoms with Gasteiger partial charge in [-0.2, -0.15) is 0 Å². The number of hydrogen-bond acceptors (Lipinski definition) is 6. The first kappa shape index (κ1) is 14.9. The second kappa shape index (κ2) is 5.79. The molecule has 2 aromatic rings. The van der Waals surface area contributed by atoms with E-state index in [2.05, 4.69) is 10.3 Å². The van der Waals surface area contributed by atoms with Crippen molar-refractivity contribution < 1.29 is 19.4 Å². The number of nitrogens with zero attached hydrogens (tertiary/aromatic N) is 4. The van der Waals surface area contributed by atoms with Crippen LogP contribution >= 0.6 is 0 Å². The molecule has 126 valence electrons. The van der Waals surface area contributed by atoms with Crippen LogP contribution in [-0.4, -0.2) is 57.2 Å². The van der Waals surface area contributed by atoms with E-state index in [1.807, 2.05) is 4.68 Å². The number of hydrogen-bond donors (Lipinski definition) is 1. The molecule has 24 heavy (non-hydrogen) atoms. The number of carbonyl (C=O) groups excluding carboxylic acids is 1. The number of benzene rings is 1. The molecule has 2 atom stereocenters. The molecule has 2 aliphatic heterocycles. The molecule has 8 nitrogen and oxygen atoms in total. The van der Waals surface area contributed by atoms with Gasteiger partial charge in [-0.15, -0.1) is 5.10 Å². The Balaban J connectivity index is 1.57. The lowest BCUT2D eigenvalue weighted by atomic mass is 9.99. The summed E-state index contributed by atoms with van der Waals surface area (Å²) in [7, 11) is 1.46. The zero-order valence-corrected chi connectivity index (χ0v) is 13.3. The quantitative estimate of drug-likeness (QED) is 0.883. The van der Waals surface area contributed by atoms with Gasteiger partial charge in [0.25, 0.3) is 5.91 Å². The molecule has 0 saturated carbocycles. The van der Waals surface area contributed by atoms with Gasteiger partial charge in [0, 0.05) is 18.7 Å². The minimum atomic E-state index is -0.0982. The average molecular weight is 330 g/mol. The third-order valence-corrected chi connectivity index (χ3v) is 4.64. The van der Waals surface area contributed by atoms with Crippen molar-refractivity contribution in [3.05, 3.63) is 35.7 Å². The van der Waals surface area contributed by atoms with Crippen molar-refractivity contribution >= 4 is 5.91 Å². The third-order valence-electron chi connectivity index (χ3n) is 4.64. The van der Waals surface area contributed by atoms with Crippen molar-refractivity contribution in [2.45, 2.75) is 25.2 Å². The molecule has 0 unspecified atom stereocenters. The van der Waals surface area contributed by atoms with Crippen molar-refractivity contribution in [1.29, 1.82) is 0 Å². The van der Waals surface area contributed by atoms with Crippen molar-refractivity contribution in [2.24, 2.45) is 0 Å². The van der Waals surface area contributed by atoms with Gasteiger partial charge in [0.1, 0.15) is 0 Å². The number of phenolic OH excluding ortho intramolecular Hbond substituents is 1. The Morgan fingerprint density at radius 3 is 3.17 bits per heavy atom. The summed E-state index contributed by atoms with van der Waals surface area (Å²) in [5.41, 5.74) is 1.41. The summed E-state index contributed by atoms with van der Waals surface area (Å²) < 4.78 is 12.8. The van der Waals surface area contributed by atoms with E-state index in [0.717, 1.165) is 12.1 Å². The maximum atomic E-state index is 12.8. The molecular formula is C16H18N4O4. The lowest BCUT2D eigenvalue weighted by Gasteiger charge is -2.41. The highest BCUT2D eigenvalue weighted by Gasteiger charge is 2.38. The van der Waals surface area contributed by atoms with Crippen LogP contribution in [0.1, 0.15) is 28.5 Å². The third kappa shape index (κ3) is 2.39. The molecule has 4 rings (SSSR count). The minimum Gasteiger partial charge on any atom is -0.504 e. The van der Waals surface area contributed by atoms with E-state index in [-0.39, 0.29) is 29.6 Å². The van der Waals surface area contributed by atoms with Crippen LogP contribution in [0.15, 0.2) is 24.4 Å². The molecule has 1 aromatic carbocycles. The summed E-state index contributed by atoms with van der Waals surface area (Å²) >= 11 is 0. The number of piperidine rings is 1. The predicted molar refractivity (Wildman–Crippen MR) is 82.8 cm³/mol. The molecule has 1 fully saturated rings. The molecule has 1 amide bonds. The summed E-state index contributed by atoms with van der Waals surface area (Å²) in [6, 6.07) is 4.61. The average Bonchev–Trinajstić information content (AvgIpc) is 3.10. The van der Waals surface area contributed by atoms with E-state index in [9.17, 15) is 9.90 Å². The molecule has 0 bridgehead atoms. The smallest absolute Gasteiger partial charge is 0.254 e. The van der Waals surface area contributed by atoms with E-state index in [0.29, 0.717) is 25.3 Å². The summed E-state index contributed by atoms with van der Waals surface area (Å²) in [4.78, 5) is 14.6. The zero-order chi connectivity index (χ0) is 16.7. The molecule has 2 aliphatic rings. The van der Waals surface area contributed by atoms with Gasteiger partial charge in [0.15, 0.2) is 11.5 Å². The summed E-state index contributed by atoms with van der Waals surface area (Å²) in [5.74, 6) is 0.204. The first-order valence-electron chi connectivity index (χ1n) is 7.84. The van der Waals surface area contributed by atoms with Crippen LogP contribution in [0, 0.1) is 0 Å². The number of ether oxygens (including phenoxy) is 2. The van der Waals surface area contributed by atoms with Gasteiger partial charge in [-0.05, 0) is 24.6 Å². The van der Waals surface area contributed by atoms with Crippen molar-refractivity contribution in [3.8, 4) is 11.5 Å². The lowest BCUT2D eigenvalue weighted by Crippen LogP contribution is -2.49. The number of phenols is 1. The summed E-state index contributed by atoms with van der Waals surface area (Å²) in [6.45, 7) is 1.65. The molecule has 0 spiro atoms. The Morgan fingerprint density at radius 2 is 2.33 bits per heavy atom. The Kier molecular flexibility index (Phi) is 3.61. The SMILES string of the molecule is COc1cc(C(=O)N2CC[C@@H]3OCc4cnnn4[C@@H]3C2)ccc1O. The molecule has 3 heterocycles. The van der Waals surface area contributed by atoms with Crippen molar-refractivity contribution in [3.63, 3.8) is 0 Å². The van der Waals surface area contributed by atoms with Crippen LogP contribution in [0.3, 0.4) is 0 Å². The van der Waals surface area contributed by atoms with Crippen LogP contribution in [0.5, 0.6) is 11.5 Å². The van der Waals surface area contributed by atoms with E-state index >= 15 is 0 Å². The molecule has 0 radical (unpaired) electrons. The van der Waals surface area contributed by atoms with Crippen LogP contribution in [-0.2, 0) is 11.3 Å². The van der Waals surface area contributed by atoms with E-state index < -0.39 is 0 Å². The maximum Gasteiger partial charge on any atom is 0.254 e. The normalized spacial score (nSPS) is 22.6. The van der Waals surface area contributed by atoms with Gasteiger partial charge >= 0.3 is 0 Å². The fourth-order valence-electron chi connectivity index (χ4n) is 3.36. The highest BCUT2D eigenvalue weighted by molar-refractivity contribution is 5.95. The number of aromatic hydroxyl groups is 1. The van der Waals surface area contributed by atoms with Crippen LogP contribution in [0.4, 0.5) is 0 Å². The second-order valence-electron chi connectivity index (χ2n) is 6.01. The molecule has 0 aliphatic carbocycles. The lowest BCUT2D eigenvalue weighted by molar-refractivity contribution is -0.0605. The number of amides is 1. The minimum absolute atomic E-state index is 0.0145. The highest BCUT2D eigenvalue weighted by Crippen LogP contribution is 2.32. The van der Waals surface area contributed by atoms with Gasteiger partial charge in [0.2, 0.25) is 0 Å². The fraction of sp³-hybridized carbons (Fsp3) is 0.438. The summed E-state index contributed by atoms with van der Waals surface area (Å²) in [5, 5.41) is 17.8. The first-order chi connectivity index (χ1) is 11.7. The topological polar surface area (TPSA) is 89.7 Å². The van der Waals surface area contributed by atoms with E-state index in [1.165, 1.54) is 13.2 Å². The molecule has 1 aromatic heterocycles. The van der Waals surface area contributed by atoms with Gasteiger partial charge in [0.05, 0.1) is 37.8 Å². The Bertz CT molecular complexity index is 775. The zero-order valence-electron chi connectivity index (χ0n) is 13.3. The highest BCUT2D eigenvalue weighted by atomic mass is 16.5. The number of rotatable bonds is 2. The van der Waals surface area contributed by atoms with Crippen LogP contribution in [0.25, 0.3) is 0 Å². The van der Waals surface area contributed by atoms with Crippen LogP contribution in [0.2, 0.25) is 0 Å². The monoisotopic (exact) mass is 330 g/mol. The van der Waals surface area contributed by atoms with Gasteiger partial charge in [-0.1, -0.05) is 5.21 Å². The standard InChI is InChI=1S/C16H18N4O4/c1-23-15-6-10(2-3-13(15)21)16(22)19-5-4-14-12(8-19)20-11(9-24-14)7-17-18-20/h2-3,6-7,12,14,21H,4-5,8-9H2,1H3/t12-,14+/m1/s1. The number of likely N-dealkylation sites (tertiary alicyclic amines) is 1. The number of methoxy groups -OCH3 is 1. The van der Waals surface area contributed by atoms with Gasteiger partial charge in [-0.3, -0.25) is 4.79 Å². The fourth-order valence-corrected chi connectivity index (χ4v) is 3.36. The number of aromatic nitrogens is 3. The largest absolute Gasteiger partial charge is 0.504 e. The molecular weight excluding hydrogens is 312 g/mol. The predicted octanol–water partition coefficient (Wildman–Crippen LogP) is 0.978. The number of carbonyl (C=O) groups is 1. The Hall–Kier alpha value is -2.61. The van der Waals surface area contributed by atoms with Gasteiger partial charge < -0.3 is 19.5 Å². The van der Waals surface area contributed by atoms with Gasteiger partial charge in [-0.25, -0.2) is 4.68 Å². The van der Waals surface area contributed by atoms with Crippen molar-refractivity contribution in [2.75, 3.05) is 20.2 Å². The first-order valence-corrected chi connectivity index (χ1v) is 7.84. The molecule has 1 saturated heterocycles. The Labute approximate surface area is 138 Å².